The van der Waals surface area contributed by atoms with Gasteiger partial charge >= 0.3 is 5.97 Å². The summed E-state index contributed by atoms with van der Waals surface area (Å²) in [5, 5.41) is 0. The predicted octanol–water partition coefficient (Wildman–Crippen LogP) is 3.84. The molecule has 0 bridgehead atoms. The highest BCUT2D eigenvalue weighted by atomic mass is 16.6. The number of benzene rings is 2. The van der Waals surface area contributed by atoms with E-state index in [-0.39, 0.29) is 17.7 Å². The molecule has 2 aromatic rings. The number of carbonyl (C=O) groups excluding carboxylic acids is 1. The molecule has 29 heavy (non-hydrogen) atoms. The van der Waals surface area contributed by atoms with Gasteiger partial charge in [0.2, 0.25) is 5.90 Å². The average Bonchev–Trinajstić information content (AvgIpc) is 3.08. The molecule has 152 valence electrons. The van der Waals surface area contributed by atoms with E-state index < -0.39 is 5.97 Å². The van der Waals surface area contributed by atoms with Gasteiger partial charge in [-0.15, -0.1) is 0 Å². The van der Waals surface area contributed by atoms with Crippen LogP contribution in [0.5, 0.6) is 23.0 Å². The maximum atomic E-state index is 12.3. The summed E-state index contributed by atoms with van der Waals surface area (Å²) in [6.07, 6.45) is 1.67. The lowest BCUT2D eigenvalue weighted by molar-refractivity contribution is -0.129. The van der Waals surface area contributed by atoms with Crippen LogP contribution in [0.2, 0.25) is 0 Å². The van der Waals surface area contributed by atoms with Gasteiger partial charge in [-0.1, -0.05) is 0 Å². The smallest absolute Gasteiger partial charge is 0.363 e. The van der Waals surface area contributed by atoms with E-state index >= 15 is 0 Å². The normalized spacial score (nSPS) is 14.6. The summed E-state index contributed by atoms with van der Waals surface area (Å²) in [4.78, 5) is 16.7. The third-order valence-electron chi connectivity index (χ3n) is 4.12. The molecule has 0 aliphatic carbocycles. The van der Waals surface area contributed by atoms with E-state index in [1.165, 1.54) is 21.3 Å². The number of aliphatic imine (C=N–C) groups is 1. The van der Waals surface area contributed by atoms with Crippen LogP contribution in [0.4, 0.5) is 0 Å². The van der Waals surface area contributed by atoms with Gasteiger partial charge in [0, 0.05) is 17.2 Å². The molecule has 1 aliphatic heterocycles. The molecule has 0 atom stereocenters. The van der Waals surface area contributed by atoms with Crippen molar-refractivity contribution >= 4 is 17.9 Å². The van der Waals surface area contributed by atoms with Gasteiger partial charge < -0.3 is 23.7 Å². The second-order valence-corrected chi connectivity index (χ2v) is 6.48. The molecule has 1 aliphatic rings. The summed E-state index contributed by atoms with van der Waals surface area (Å²) in [5.41, 5.74) is 1.45. The molecule has 7 heteroatoms. The van der Waals surface area contributed by atoms with Crippen LogP contribution in [0.1, 0.15) is 25.0 Å². The van der Waals surface area contributed by atoms with E-state index in [0.29, 0.717) is 28.4 Å². The van der Waals surface area contributed by atoms with Gasteiger partial charge in [-0.2, -0.15) is 0 Å². The highest BCUT2D eigenvalue weighted by Gasteiger charge is 2.25. The van der Waals surface area contributed by atoms with Gasteiger partial charge in [0.1, 0.15) is 11.5 Å². The number of carbonyl (C=O) groups is 1. The Morgan fingerprint density at radius 1 is 0.931 bits per heavy atom. The van der Waals surface area contributed by atoms with Gasteiger partial charge in [-0.25, -0.2) is 9.79 Å². The van der Waals surface area contributed by atoms with Crippen LogP contribution < -0.4 is 18.9 Å². The molecule has 2 aromatic carbocycles. The molecule has 7 nitrogen and oxygen atoms in total. The minimum atomic E-state index is -0.542. The number of cyclic esters (lactones) is 1. The number of ether oxygens (including phenoxy) is 5. The Balaban J connectivity index is 1.92. The van der Waals surface area contributed by atoms with E-state index in [2.05, 4.69) is 4.99 Å². The highest BCUT2D eigenvalue weighted by Crippen LogP contribution is 2.36. The third-order valence-corrected chi connectivity index (χ3v) is 4.12. The molecule has 3 rings (SSSR count). The van der Waals surface area contributed by atoms with E-state index in [1.807, 2.05) is 26.0 Å². The van der Waals surface area contributed by atoms with Crippen molar-refractivity contribution in [3.63, 3.8) is 0 Å². The van der Waals surface area contributed by atoms with Crippen molar-refractivity contribution < 1.29 is 28.5 Å². The Kier molecular flexibility index (Phi) is 6.07. The van der Waals surface area contributed by atoms with Crippen molar-refractivity contribution in [2.24, 2.45) is 4.99 Å². The summed E-state index contributed by atoms with van der Waals surface area (Å²) < 4.78 is 27.0. The van der Waals surface area contributed by atoms with E-state index in [4.69, 9.17) is 23.7 Å². The zero-order chi connectivity index (χ0) is 21.0. The second kappa shape index (κ2) is 8.68. The fourth-order valence-corrected chi connectivity index (χ4v) is 2.79. The van der Waals surface area contributed by atoms with E-state index in [1.54, 1.807) is 30.3 Å². The summed E-state index contributed by atoms with van der Waals surface area (Å²) >= 11 is 0. The molecule has 0 saturated heterocycles. The van der Waals surface area contributed by atoms with Crippen LogP contribution >= 0.6 is 0 Å². The predicted molar refractivity (Wildman–Crippen MR) is 109 cm³/mol. The minimum absolute atomic E-state index is 0.0773. The molecule has 0 aromatic heterocycles. The highest BCUT2D eigenvalue weighted by molar-refractivity contribution is 6.13. The number of rotatable bonds is 7. The Bertz CT molecular complexity index is 960. The van der Waals surface area contributed by atoms with Crippen LogP contribution in [-0.4, -0.2) is 39.3 Å². The Morgan fingerprint density at radius 2 is 1.55 bits per heavy atom. The maximum absolute atomic E-state index is 12.3. The zero-order valence-electron chi connectivity index (χ0n) is 17.0. The summed E-state index contributed by atoms with van der Waals surface area (Å²) in [6, 6.07) is 10.6. The van der Waals surface area contributed by atoms with Gasteiger partial charge in [0.15, 0.2) is 17.2 Å². The van der Waals surface area contributed by atoms with Gasteiger partial charge in [-0.3, -0.25) is 0 Å². The van der Waals surface area contributed by atoms with Gasteiger partial charge in [-0.05, 0) is 50.3 Å². The van der Waals surface area contributed by atoms with Crippen molar-refractivity contribution in [1.82, 2.24) is 0 Å². The number of hydrogen-bond donors (Lipinski definition) is 0. The van der Waals surface area contributed by atoms with Crippen molar-refractivity contribution in [1.29, 1.82) is 0 Å². The molecule has 1 heterocycles. The lowest BCUT2D eigenvalue weighted by Gasteiger charge is -2.12. The molecule has 0 radical (unpaired) electrons. The summed E-state index contributed by atoms with van der Waals surface area (Å²) in [7, 11) is 4.61. The molecule has 0 saturated carbocycles. The lowest BCUT2D eigenvalue weighted by Crippen LogP contribution is -2.07. The molecule has 0 unspecified atom stereocenters. The first-order chi connectivity index (χ1) is 13.9. The molecular formula is C22H23NO6. The SMILES string of the molecule is COc1cc(OC)c(OC)cc1C=C1N=C(c2ccc(OC(C)C)cc2)OC1=O. The molecular weight excluding hydrogens is 374 g/mol. The standard InChI is InChI=1S/C22H23NO6/c1-13(2)28-16-8-6-14(7-9-16)21-23-17(22(24)29-21)10-15-11-19(26-4)20(27-5)12-18(15)25-3/h6-13H,1-5H3. The fourth-order valence-electron chi connectivity index (χ4n) is 2.79. The lowest BCUT2D eigenvalue weighted by atomic mass is 10.1. The topological polar surface area (TPSA) is 75.6 Å². The first-order valence-electron chi connectivity index (χ1n) is 9.04. The molecule has 0 amide bonds. The largest absolute Gasteiger partial charge is 0.496 e. The monoisotopic (exact) mass is 397 g/mol. The molecule has 0 spiro atoms. The Hall–Kier alpha value is -3.48. The fraction of sp³-hybridized carbons (Fsp3) is 0.273. The second-order valence-electron chi connectivity index (χ2n) is 6.48. The van der Waals surface area contributed by atoms with Crippen LogP contribution in [0.25, 0.3) is 6.08 Å². The number of hydrogen-bond acceptors (Lipinski definition) is 7. The van der Waals surface area contributed by atoms with E-state index in [0.717, 1.165) is 5.75 Å². The number of nitrogens with zero attached hydrogens (tertiary/aromatic N) is 1. The summed E-state index contributed by atoms with van der Waals surface area (Å²) in [6.45, 7) is 3.91. The first kappa shape index (κ1) is 20.3. The number of methoxy groups -OCH3 is 3. The van der Waals surface area contributed by atoms with Crippen molar-refractivity contribution in [2.75, 3.05) is 21.3 Å². The zero-order valence-corrected chi connectivity index (χ0v) is 17.0. The van der Waals surface area contributed by atoms with Crippen molar-refractivity contribution in [2.45, 2.75) is 20.0 Å². The van der Waals surface area contributed by atoms with Gasteiger partial charge in [0.25, 0.3) is 0 Å². The van der Waals surface area contributed by atoms with E-state index in [9.17, 15) is 4.79 Å². The molecule has 0 fully saturated rings. The van der Waals surface area contributed by atoms with Crippen LogP contribution in [0.3, 0.4) is 0 Å². The van der Waals surface area contributed by atoms with Crippen LogP contribution in [0, 0.1) is 0 Å². The first-order valence-corrected chi connectivity index (χ1v) is 9.04. The minimum Gasteiger partial charge on any atom is -0.496 e. The average molecular weight is 397 g/mol. The molecule has 0 N–H and O–H groups in total. The quantitative estimate of drug-likeness (QED) is 0.522. The van der Waals surface area contributed by atoms with Crippen LogP contribution in [0.15, 0.2) is 47.1 Å². The Morgan fingerprint density at radius 3 is 2.14 bits per heavy atom. The maximum Gasteiger partial charge on any atom is 0.363 e. The van der Waals surface area contributed by atoms with Crippen molar-refractivity contribution in [3.05, 3.63) is 53.2 Å². The number of esters is 1. The van der Waals surface area contributed by atoms with Gasteiger partial charge in [0.05, 0.1) is 27.4 Å². The van der Waals surface area contributed by atoms with Crippen LogP contribution in [-0.2, 0) is 9.53 Å². The summed E-state index contributed by atoms with van der Waals surface area (Å²) in [5.74, 6) is 1.97. The van der Waals surface area contributed by atoms with Crippen molar-refractivity contribution in [3.8, 4) is 23.0 Å². The third kappa shape index (κ3) is 4.51. The Labute approximate surface area is 169 Å².